The molecular formula is C9H5Cl2FS3. The molecule has 0 aromatic heterocycles. The van der Waals surface area contributed by atoms with E-state index in [2.05, 4.69) is 0 Å². The van der Waals surface area contributed by atoms with Gasteiger partial charge < -0.3 is 0 Å². The zero-order valence-corrected chi connectivity index (χ0v) is 11.3. The molecule has 1 aliphatic rings. The molecule has 0 nitrogen and oxygen atoms in total. The first kappa shape index (κ1) is 11.9. The van der Waals surface area contributed by atoms with Crippen LogP contribution in [0.1, 0.15) is 5.56 Å². The molecule has 1 atom stereocenters. The summed E-state index contributed by atoms with van der Waals surface area (Å²) in [7, 11) is 1.33. The Morgan fingerprint density at radius 1 is 1.33 bits per heavy atom. The fourth-order valence-corrected chi connectivity index (χ4v) is 5.32. The summed E-state index contributed by atoms with van der Waals surface area (Å²) < 4.78 is 13.3. The first-order valence-corrected chi connectivity index (χ1v) is 8.40. The SMILES string of the molecule is Fc1cc(C2=CCSS2=S)c(Cl)cc1Cl. The monoisotopic (exact) mass is 298 g/mol. The zero-order chi connectivity index (χ0) is 11.0. The standard InChI is InChI=1S/C9H5Cl2FS3/c10-6-4-7(11)8(12)3-5(6)9-1-2-14-15(9)13/h1,3-4H,2H2. The summed E-state index contributed by atoms with van der Waals surface area (Å²) in [5.41, 5.74) is 0.668. The molecule has 15 heavy (non-hydrogen) atoms. The Morgan fingerprint density at radius 3 is 2.67 bits per heavy atom. The van der Waals surface area contributed by atoms with Crippen molar-refractivity contribution in [3.05, 3.63) is 39.6 Å². The van der Waals surface area contributed by atoms with Gasteiger partial charge in [0.2, 0.25) is 0 Å². The van der Waals surface area contributed by atoms with Crippen LogP contribution in [0.2, 0.25) is 10.0 Å². The van der Waals surface area contributed by atoms with Gasteiger partial charge in [0.1, 0.15) is 5.82 Å². The van der Waals surface area contributed by atoms with Gasteiger partial charge in [-0.1, -0.05) is 40.1 Å². The van der Waals surface area contributed by atoms with E-state index in [0.717, 1.165) is 10.7 Å². The van der Waals surface area contributed by atoms with Gasteiger partial charge >= 0.3 is 0 Å². The molecule has 80 valence electrons. The molecule has 0 fully saturated rings. The second-order valence-corrected chi connectivity index (χ2v) is 8.47. The van der Waals surface area contributed by atoms with Gasteiger partial charge in [0.15, 0.2) is 0 Å². The van der Waals surface area contributed by atoms with Gasteiger partial charge in [0, 0.05) is 16.2 Å². The van der Waals surface area contributed by atoms with Crippen molar-refractivity contribution in [2.24, 2.45) is 0 Å². The van der Waals surface area contributed by atoms with Crippen LogP contribution in [0.5, 0.6) is 0 Å². The van der Waals surface area contributed by atoms with Crippen LogP contribution in [0, 0.1) is 5.82 Å². The third kappa shape index (κ3) is 2.39. The number of benzene rings is 1. The van der Waals surface area contributed by atoms with Crippen LogP contribution < -0.4 is 0 Å². The molecule has 0 radical (unpaired) electrons. The van der Waals surface area contributed by atoms with Crippen LogP contribution >= 0.6 is 34.0 Å². The number of hydrogen-bond acceptors (Lipinski definition) is 2. The third-order valence-corrected chi connectivity index (χ3v) is 6.76. The van der Waals surface area contributed by atoms with E-state index in [9.17, 15) is 4.39 Å². The van der Waals surface area contributed by atoms with E-state index in [4.69, 9.17) is 34.4 Å². The van der Waals surface area contributed by atoms with Crippen molar-refractivity contribution in [2.45, 2.75) is 0 Å². The molecule has 1 unspecified atom stereocenters. The minimum Gasteiger partial charge on any atom is -0.205 e. The predicted molar refractivity (Wildman–Crippen MR) is 71.6 cm³/mol. The van der Waals surface area contributed by atoms with E-state index < -0.39 is 5.82 Å². The summed E-state index contributed by atoms with van der Waals surface area (Å²) in [5, 5.41) is 0.497. The van der Waals surface area contributed by atoms with Crippen LogP contribution in [-0.2, 0) is 19.7 Å². The quantitative estimate of drug-likeness (QED) is 0.562. The van der Waals surface area contributed by atoms with Crippen LogP contribution in [0.4, 0.5) is 4.39 Å². The van der Waals surface area contributed by atoms with Crippen LogP contribution in [0.25, 0.3) is 4.91 Å². The van der Waals surface area contributed by atoms with Gasteiger partial charge in [-0.15, -0.1) is 0 Å². The lowest BCUT2D eigenvalue weighted by atomic mass is 10.2. The summed E-state index contributed by atoms with van der Waals surface area (Å²) in [6, 6.07) is 2.78. The highest BCUT2D eigenvalue weighted by Gasteiger charge is 2.17. The maximum absolute atomic E-state index is 13.3. The van der Waals surface area contributed by atoms with Crippen molar-refractivity contribution in [3.8, 4) is 0 Å². The lowest BCUT2D eigenvalue weighted by molar-refractivity contribution is 0.628. The second kappa shape index (κ2) is 4.72. The van der Waals surface area contributed by atoms with Gasteiger partial charge in [0.25, 0.3) is 0 Å². The molecule has 0 saturated heterocycles. The van der Waals surface area contributed by atoms with E-state index in [-0.39, 0.29) is 13.5 Å². The topological polar surface area (TPSA) is 0 Å². The summed E-state index contributed by atoms with van der Waals surface area (Å²) in [6.07, 6.45) is 2.00. The maximum atomic E-state index is 13.3. The van der Waals surface area contributed by atoms with Gasteiger partial charge in [-0.05, 0) is 31.8 Å². The minimum absolute atomic E-state index is 0.0410. The van der Waals surface area contributed by atoms with Crippen LogP contribution in [-0.4, -0.2) is 5.75 Å². The molecule has 1 heterocycles. The molecular weight excluding hydrogens is 294 g/mol. The summed E-state index contributed by atoms with van der Waals surface area (Å²) >= 11 is 16.9. The molecule has 0 bridgehead atoms. The Morgan fingerprint density at radius 2 is 2.07 bits per heavy atom. The first-order valence-electron chi connectivity index (χ1n) is 3.99. The lowest BCUT2D eigenvalue weighted by Crippen LogP contribution is -1.89. The fourth-order valence-electron chi connectivity index (χ4n) is 1.21. The summed E-state index contributed by atoms with van der Waals surface area (Å²) in [4.78, 5) is 0.940. The van der Waals surface area contributed by atoms with Crippen LogP contribution in [0.15, 0.2) is 18.2 Å². The smallest absolute Gasteiger partial charge is 0.142 e. The van der Waals surface area contributed by atoms with Crippen molar-refractivity contribution in [3.63, 3.8) is 0 Å². The van der Waals surface area contributed by atoms with Gasteiger partial charge in [-0.2, -0.15) is 0 Å². The molecule has 0 saturated carbocycles. The molecule has 0 spiro atoms. The Hall–Kier alpha value is 0.390. The number of rotatable bonds is 1. The van der Waals surface area contributed by atoms with Crippen molar-refractivity contribution >= 4 is 58.6 Å². The van der Waals surface area contributed by atoms with Gasteiger partial charge in [0.05, 0.1) is 10.0 Å². The average molecular weight is 299 g/mol. The summed E-state index contributed by atoms with van der Waals surface area (Å²) in [5.74, 6) is 0.406. The molecule has 0 N–H and O–H groups in total. The average Bonchev–Trinajstić information content (AvgIpc) is 2.58. The van der Waals surface area contributed by atoms with Crippen molar-refractivity contribution < 1.29 is 4.39 Å². The molecule has 1 aromatic carbocycles. The third-order valence-electron chi connectivity index (χ3n) is 1.90. The van der Waals surface area contributed by atoms with Crippen molar-refractivity contribution in [1.29, 1.82) is 0 Å². The largest absolute Gasteiger partial charge is 0.205 e. The molecule has 1 aliphatic heterocycles. The Kier molecular flexibility index (Phi) is 3.73. The molecule has 0 amide bonds. The second-order valence-electron chi connectivity index (χ2n) is 2.83. The Bertz CT molecular complexity index is 471. The Labute approximate surface area is 108 Å². The predicted octanol–water partition coefficient (Wildman–Crippen LogP) is 4.22. The molecule has 6 heteroatoms. The van der Waals surface area contributed by atoms with E-state index in [0.29, 0.717) is 10.6 Å². The van der Waals surface area contributed by atoms with Crippen molar-refractivity contribution in [1.82, 2.24) is 0 Å². The van der Waals surface area contributed by atoms with Crippen LogP contribution in [0.3, 0.4) is 0 Å². The maximum Gasteiger partial charge on any atom is 0.142 e. The zero-order valence-electron chi connectivity index (χ0n) is 7.30. The highest BCUT2D eigenvalue weighted by Crippen LogP contribution is 2.37. The van der Waals surface area contributed by atoms with Gasteiger partial charge in [-0.25, -0.2) is 4.39 Å². The molecule has 2 rings (SSSR count). The first-order chi connectivity index (χ1) is 7.09. The summed E-state index contributed by atoms with van der Waals surface area (Å²) in [6.45, 7) is 0. The minimum atomic E-state index is -0.458. The highest BCUT2D eigenvalue weighted by molar-refractivity contribution is 8.86. The number of halogens is 3. The van der Waals surface area contributed by atoms with E-state index in [1.165, 1.54) is 12.1 Å². The Balaban J connectivity index is 2.53. The van der Waals surface area contributed by atoms with Crippen molar-refractivity contribution in [2.75, 3.05) is 5.75 Å². The van der Waals surface area contributed by atoms with E-state index >= 15 is 0 Å². The van der Waals surface area contributed by atoms with Gasteiger partial charge in [-0.3, -0.25) is 0 Å². The molecule has 0 aliphatic carbocycles. The normalized spacial score (nSPS) is 20.5. The molecule has 1 aromatic rings. The highest BCUT2D eigenvalue weighted by atomic mass is 35.5. The van der Waals surface area contributed by atoms with E-state index in [1.807, 2.05) is 6.08 Å². The number of hydrogen-bond donors (Lipinski definition) is 0. The fraction of sp³-hybridized carbons (Fsp3) is 0.111. The lowest BCUT2D eigenvalue weighted by Gasteiger charge is -2.07. The van der Waals surface area contributed by atoms with E-state index in [1.54, 1.807) is 10.8 Å².